The topological polar surface area (TPSA) is 29.5 Å². The fourth-order valence-electron chi connectivity index (χ4n) is 3.95. The fourth-order valence-corrected chi connectivity index (χ4v) is 4.35. The van der Waals surface area contributed by atoms with E-state index in [0.717, 1.165) is 23.7 Å². The molecule has 2 aromatic rings. The van der Waals surface area contributed by atoms with E-state index in [9.17, 15) is 4.79 Å². The van der Waals surface area contributed by atoms with E-state index in [1.165, 1.54) is 29.5 Å². The smallest absolute Gasteiger partial charge is 0.257 e. The molecule has 26 heavy (non-hydrogen) atoms. The Morgan fingerprint density at radius 3 is 2.65 bits per heavy atom. The second kappa shape index (κ2) is 7.07. The molecule has 0 saturated heterocycles. The molecule has 0 aliphatic heterocycles. The molecule has 1 atom stereocenters. The van der Waals surface area contributed by atoms with Gasteiger partial charge in [-0.15, -0.1) is 0 Å². The lowest BCUT2D eigenvalue weighted by atomic mass is 9.87. The molecular weight excluding hydrogens is 390 g/mol. The van der Waals surface area contributed by atoms with Gasteiger partial charge >= 0.3 is 0 Å². The molecule has 2 aliphatic carbocycles. The lowest BCUT2D eigenvalue weighted by molar-refractivity contribution is 0.0715. The first kappa shape index (κ1) is 17.6. The SMILES string of the molecule is COc1cc(C2CC2)ccc1C(=O)N(C)[C@H]1CCc2cc(Br)ccc2C1. The van der Waals surface area contributed by atoms with Crippen molar-refractivity contribution in [1.82, 2.24) is 4.90 Å². The molecule has 0 unspecified atom stereocenters. The van der Waals surface area contributed by atoms with Crippen LogP contribution in [0.4, 0.5) is 0 Å². The second-order valence-electron chi connectivity index (χ2n) is 7.46. The van der Waals surface area contributed by atoms with Crippen LogP contribution < -0.4 is 4.74 Å². The van der Waals surface area contributed by atoms with E-state index in [2.05, 4.69) is 40.2 Å². The Hall–Kier alpha value is -1.81. The number of likely N-dealkylation sites (N-methyl/N-ethyl adjacent to an activating group) is 1. The zero-order valence-electron chi connectivity index (χ0n) is 15.3. The molecule has 0 spiro atoms. The highest BCUT2D eigenvalue weighted by molar-refractivity contribution is 9.10. The Morgan fingerprint density at radius 2 is 1.92 bits per heavy atom. The molecule has 0 heterocycles. The number of methoxy groups -OCH3 is 1. The highest BCUT2D eigenvalue weighted by Gasteiger charge is 2.29. The first-order chi connectivity index (χ1) is 12.6. The summed E-state index contributed by atoms with van der Waals surface area (Å²) in [5.74, 6) is 1.40. The van der Waals surface area contributed by atoms with Gasteiger partial charge in [0.2, 0.25) is 0 Å². The summed E-state index contributed by atoms with van der Waals surface area (Å²) in [5, 5.41) is 0. The molecule has 1 fully saturated rings. The van der Waals surface area contributed by atoms with E-state index in [1.807, 2.05) is 24.1 Å². The highest BCUT2D eigenvalue weighted by Crippen LogP contribution is 2.41. The quantitative estimate of drug-likeness (QED) is 0.708. The van der Waals surface area contributed by atoms with Gasteiger partial charge in [0.25, 0.3) is 5.91 Å². The Bertz CT molecular complexity index is 844. The zero-order valence-corrected chi connectivity index (χ0v) is 16.9. The van der Waals surface area contributed by atoms with Gasteiger partial charge in [0.1, 0.15) is 5.75 Å². The average Bonchev–Trinajstić information content (AvgIpc) is 3.51. The molecule has 136 valence electrons. The Morgan fingerprint density at radius 1 is 1.12 bits per heavy atom. The van der Waals surface area contributed by atoms with Crippen LogP contribution in [-0.2, 0) is 12.8 Å². The third-order valence-corrected chi connectivity index (χ3v) is 6.24. The number of ether oxygens (including phenoxy) is 1. The maximum absolute atomic E-state index is 13.1. The van der Waals surface area contributed by atoms with Crippen LogP contribution in [0.25, 0.3) is 0 Å². The van der Waals surface area contributed by atoms with Gasteiger partial charge in [0.05, 0.1) is 12.7 Å². The monoisotopic (exact) mass is 413 g/mol. The second-order valence-corrected chi connectivity index (χ2v) is 8.38. The minimum atomic E-state index is 0.0507. The lowest BCUT2D eigenvalue weighted by Crippen LogP contribution is -2.40. The van der Waals surface area contributed by atoms with Crippen molar-refractivity contribution in [3.63, 3.8) is 0 Å². The molecule has 2 aliphatic rings. The summed E-state index contributed by atoms with van der Waals surface area (Å²) in [6.45, 7) is 0. The van der Waals surface area contributed by atoms with Gasteiger partial charge in [-0.25, -0.2) is 0 Å². The highest BCUT2D eigenvalue weighted by atomic mass is 79.9. The van der Waals surface area contributed by atoms with Crippen molar-refractivity contribution in [3.8, 4) is 5.75 Å². The molecule has 3 nitrogen and oxygen atoms in total. The number of fused-ring (bicyclic) bond motifs is 1. The summed E-state index contributed by atoms with van der Waals surface area (Å²) in [6.07, 6.45) is 5.40. The summed E-state index contributed by atoms with van der Waals surface area (Å²) in [7, 11) is 3.57. The normalized spacial score (nSPS) is 19.0. The lowest BCUT2D eigenvalue weighted by Gasteiger charge is -2.33. The number of rotatable bonds is 4. The van der Waals surface area contributed by atoms with Gasteiger partial charge in [0.15, 0.2) is 0 Å². The molecule has 1 saturated carbocycles. The summed E-state index contributed by atoms with van der Waals surface area (Å²) in [5.41, 5.74) is 4.70. The third-order valence-electron chi connectivity index (χ3n) is 5.74. The molecule has 0 N–H and O–H groups in total. The van der Waals surface area contributed by atoms with Crippen molar-refractivity contribution >= 4 is 21.8 Å². The number of amides is 1. The molecule has 2 aromatic carbocycles. The van der Waals surface area contributed by atoms with Crippen LogP contribution in [0.15, 0.2) is 40.9 Å². The Labute approximate surface area is 163 Å². The van der Waals surface area contributed by atoms with Crippen LogP contribution in [0, 0.1) is 0 Å². The summed E-state index contributed by atoms with van der Waals surface area (Å²) in [6, 6.07) is 12.8. The molecule has 4 rings (SSSR count). The maximum Gasteiger partial charge on any atom is 0.257 e. The van der Waals surface area contributed by atoms with Gasteiger partial charge in [-0.3, -0.25) is 4.79 Å². The Kier molecular flexibility index (Phi) is 4.78. The van der Waals surface area contributed by atoms with Crippen LogP contribution in [0.1, 0.15) is 52.2 Å². The van der Waals surface area contributed by atoms with E-state index < -0.39 is 0 Å². The van der Waals surface area contributed by atoms with Crippen molar-refractivity contribution < 1.29 is 9.53 Å². The molecule has 0 radical (unpaired) electrons. The third kappa shape index (κ3) is 3.39. The first-order valence-electron chi connectivity index (χ1n) is 9.29. The Balaban J connectivity index is 1.54. The van der Waals surface area contributed by atoms with Crippen molar-refractivity contribution in [2.45, 2.75) is 44.1 Å². The fraction of sp³-hybridized carbons (Fsp3) is 0.409. The van der Waals surface area contributed by atoms with Gasteiger partial charge in [-0.05, 0) is 79.0 Å². The van der Waals surface area contributed by atoms with Crippen LogP contribution in [0.2, 0.25) is 0 Å². The first-order valence-corrected chi connectivity index (χ1v) is 10.1. The summed E-state index contributed by atoms with van der Waals surface area (Å²) < 4.78 is 6.66. The molecule has 1 amide bonds. The number of hydrogen-bond donors (Lipinski definition) is 0. The number of nitrogens with zero attached hydrogens (tertiary/aromatic N) is 1. The van der Waals surface area contributed by atoms with Crippen molar-refractivity contribution in [2.24, 2.45) is 0 Å². The van der Waals surface area contributed by atoms with Crippen molar-refractivity contribution in [1.29, 1.82) is 0 Å². The predicted molar refractivity (Wildman–Crippen MR) is 107 cm³/mol. The number of carbonyl (C=O) groups is 1. The van der Waals surface area contributed by atoms with Gasteiger partial charge < -0.3 is 9.64 Å². The van der Waals surface area contributed by atoms with Crippen LogP contribution in [0.3, 0.4) is 0 Å². The van der Waals surface area contributed by atoms with Crippen molar-refractivity contribution in [2.75, 3.05) is 14.2 Å². The van der Waals surface area contributed by atoms with Gasteiger partial charge in [-0.2, -0.15) is 0 Å². The molecule has 0 bridgehead atoms. The number of benzene rings is 2. The van der Waals surface area contributed by atoms with Crippen LogP contribution in [-0.4, -0.2) is 31.0 Å². The minimum absolute atomic E-state index is 0.0507. The number of hydrogen-bond acceptors (Lipinski definition) is 2. The summed E-state index contributed by atoms with van der Waals surface area (Å²) >= 11 is 3.55. The molecular formula is C22H24BrNO2. The van der Waals surface area contributed by atoms with Crippen molar-refractivity contribution in [3.05, 3.63) is 63.1 Å². The van der Waals surface area contributed by atoms with Crippen LogP contribution >= 0.6 is 15.9 Å². The van der Waals surface area contributed by atoms with Gasteiger partial charge in [-0.1, -0.05) is 28.1 Å². The summed E-state index contributed by atoms with van der Waals surface area (Å²) in [4.78, 5) is 15.0. The number of aryl methyl sites for hydroxylation is 1. The predicted octanol–water partition coefficient (Wildman–Crippen LogP) is 4.96. The average molecular weight is 414 g/mol. The van der Waals surface area contributed by atoms with Crippen LogP contribution in [0.5, 0.6) is 5.75 Å². The minimum Gasteiger partial charge on any atom is -0.496 e. The van der Waals surface area contributed by atoms with Gasteiger partial charge in [0, 0.05) is 17.6 Å². The van der Waals surface area contributed by atoms with E-state index >= 15 is 0 Å². The molecule has 4 heteroatoms. The molecule has 0 aromatic heterocycles. The number of halogens is 1. The van der Waals surface area contributed by atoms with E-state index in [0.29, 0.717) is 17.2 Å². The number of carbonyl (C=O) groups excluding carboxylic acids is 1. The van der Waals surface area contributed by atoms with E-state index in [1.54, 1.807) is 7.11 Å². The zero-order chi connectivity index (χ0) is 18.3. The van der Waals surface area contributed by atoms with E-state index in [4.69, 9.17) is 4.74 Å². The maximum atomic E-state index is 13.1. The van der Waals surface area contributed by atoms with E-state index in [-0.39, 0.29) is 11.9 Å². The largest absolute Gasteiger partial charge is 0.496 e. The standard InChI is InChI=1S/C22H24BrNO2/c1-24(19-9-6-15-11-18(23)8-5-16(15)12-19)22(25)20-10-7-17(14-3-4-14)13-21(20)26-2/h5,7-8,10-11,13-14,19H,3-4,6,9,12H2,1-2H3/t19-/m0/s1.